The van der Waals surface area contributed by atoms with Gasteiger partial charge in [-0.1, -0.05) is 18.2 Å². The maximum Gasteiger partial charge on any atom is 0.103 e. The molecule has 2 N–H and O–H groups in total. The van der Waals surface area contributed by atoms with Crippen molar-refractivity contribution in [2.45, 2.75) is 0 Å². The van der Waals surface area contributed by atoms with E-state index in [0.29, 0.717) is 5.56 Å². The Morgan fingerprint density at radius 1 is 0.966 bits per heavy atom. The molecule has 0 aliphatic rings. The molecule has 5 heteroatoms. The molecule has 5 aromatic rings. The van der Waals surface area contributed by atoms with E-state index in [2.05, 4.69) is 33.5 Å². The fourth-order valence-electron chi connectivity index (χ4n) is 3.47. The van der Waals surface area contributed by atoms with Crippen LogP contribution in [0, 0.1) is 11.3 Å². The fraction of sp³-hybridized carbons (Fsp3) is 0. The summed E-state index contributed by atoms with van der Waals surface area (Å²) < 4.78 is 5.21. The van der Waals surface area contributed by atoms with E-state index in [1.807, 2.05) is 48.7 Å². The van der Waals surface area contributed by atoms with Gasteiger partial charge >= 0.3 is 0 Å². The monoisotopic (exact) mass is 376 g/mol. The van der Waals surface area contributed by atoms with Gasteiger partial charge in [-0.2, -0.15) is 5.26 Å². The number of rotatable bonds is 4. The Balaban J connectivity index is 1.61. The summed E-state index contributed by atoms with van der Waals surface area (Å²) in [5.74, 6) is 0. The maximum atomic E-state index is 9.66. The molecular formula is C24H16N4O. The summed E-state index contributed by atoms with van der Waals surface area (Å²) in [5.41, 5.74) is 7.09. The van der Waals surface area contributed by atoms with E-state index in [1.54, 1.807) is 24.9 Å². The summed E-state index contributed by atoms with van der Waals surface area (Å²) in [6, 6.07) is 20.4. The third-order valence-electron chi connectivity index (χ3n) is 4.92. The zero-order chi connectivity index (χ0) is 19.6. The summed E-state index contributed by atoms with van der Waals surface area (Å²) in [6.45, 7) is 0. The number of fused-ring (bicyclic) bond motifs is 1. The van der Waals surface area contributed by atoms with Gasteiger partial charge in [-0.15, -0.1) is 0 Å². The second-order valence-electron chi connectivity index (χ2n) is 6.72. The number of anilines is 2. The van der Waals surface area contributed by atoms with E-state index in [1.165, 1.54) is 0 Å². The van der Waals surface area contributed by atoms with E-state index in [-0.39, 0.29) is 0 Å². The van der Waals surface area contributed by atoms with Crippen LogP contribution in [0.15, 0.2) is 90.1 Å². The van der Waals surface area contributed by atoms with Crippen molar-refractivity contribution in [3.8, 4) is 28.3 Å². The van der Waals surface area contributed by atoms with Crippen LogP contribution in [0.5, 0.6) is 0 Å². The predicted molar refractivity (Wildman–Crippen MR) is 114 cm³/mol. The molecule has 0 amide bonds. The van der Waals surface area contributed by atoms with Crippen LogP contribution in [0.2, 0.25) is 0 Å². The molecule has 5 rings (SSSR count). The first kappa shape index (κ1) is 16.8. The van der Waals surface area contributed by atoms with Crippen LogP contribution >= 0.6 is 0 Å². The molecule has 0 bridgehead atoms. The van der Waals surface area contributed by atoms with Crippen molar-refractivity contribution in [2.24, 2.45) is 0 Å². The van der Waals surface area contributed by atoms with Crippen LogP contribution < -0.4 is 5.32 Å². The number of pyridine rings is 1. The van der Waals surface area contributed by atoms with Crippen molar-refractivity contribution in [2.75, 3.05) is 5.32 Å². The van der Waals surface area contributed by atoms with E-state index < -0.39 is 0 Å². The lowest BCUT2D eigenvalue weighted by Crippen LogP contribution is -1.98. The van der Waals surface area contributed by atoms with Crippen LogP contribution in [-0.4, -0.2) is 9.97 Å². The van der Waals surface area contributed by atoms with Gasteiger partial charge in [0, 0.05) is 46.3 Å². The highest BCUT2D eigenvalue weighted by Gasteiger charge is 2.13. The molecule has 29 heavy (non-hydrogen) atoms. The number of benzene rings is 2. The van der Waals surface area contributed by atoms with Crippen LogP contribution in [-0.2, 0) is 0 Å². The number of hydrogen-bond acceptors (Lipinski definition) is 4. The smallest absolute Gasteiger partial charge is 0.103 e. The lowest BCUT2D eigenvalue weighted by molar-refractivity contribution is 0.568. The van der Waals surface area contributed by atoms with Crippen molar-refractivity contribution < 1.29 is 4.42 Å². The average Bonchev–Trinajstić information content (AvgIpc) is 3.46. The largest absolute Gasteiger partial charge is 0.472 e. The summed E-state index contributed by atoms with van der Waals surface area (Å²) in [7, 11) is 0. The molecule has 0 unspecified atom stereocenters. The van der Waals surface area contributed by atoms with E-state index >= 15 is 0 Å². The molecule has 3 aromatic heterocycles. The molecule has 138 valence electrons. The number of nitrogens with one attached hydrogen (secondary N) is 2. The molecule has 0 fully saturated rings. The van der Waals surface area contributed by atoms with Crippen molar-refractivity contribution >= 4 is 22.3 Å². The molecule has 0 atom stereocenters. The number of aromatic amines is 1. The fourth-order valence-corrected chi connectivity index (χ4v) is 3.47. The standard InChI is InChI=1S/C24H16N4O/c25-12-20-13-26-14-22(17-3-1-2-16(10-17)19-7-9-29-15-19)24(20)28-21-4-5-23-18(11-21)6-8-27-23/h1-11,13-15,27H,(H,26,28). The van der Waals surface area contributed by atoms with Gasteiger partial charge in [-0.3, -0.25) is 4.98 Å². The first-order chi connectivity index (χ1) is 14.3. The number of furan rings is 1. The van der Waals surface area contributed by atoms with Crippen molar-refractivity contribution in [3.63, 3.8) is 0 Å². The van der Waals surface area contributed by atoms with Crippen LogP contribution in [0.4, 0.5) is 11.4 Å². The first-order valence-electron chi connectivity index (χ1n) is 9.17. The van der Waals surface area contributed by atoms with Crippen molar-refractivity contribution in [3.05, 3.63) is 91.3 Å². The highest BCUT2D eigenvalue weighted by atomic mass is 16.3. The van der Waals surface area contributed by atoms with Crippen LogP contribution in [0.3, 0.4) is 0 Å². The van der Waals surface area contributed by atoms with Gasteiger partial charge in [0.25, 0.3) is 0 Å². The van der Waals surface area contributed by atoms with Gasteiger partial charge in [-0.25, -0.2) is 0 Å². The Labute approximate surface area is 167 Å². The normalized spacial score (nSPS) is 10.7. The van der Waals surface area contributed by atoms with E-state index in [0.717, 1.165) is 44.5 Å². The summed E-state index contributed by atoms with van der Waals surface area (Å²) in [6.07, 6.45) is 8.65. The molecule has 0 saturated heterocycles. The molecule has 0 radical (unpaired) electrons. The van der Waals surface area contributed by atoms with Crippen LogP contribution in [0.1, 0.15) is 5.56 Å². The minimum Gasteiger partial charge on any atom is -0.472 e. The molecular weight excluding hydrogens is 360 g/mol. The van der Waals surface area contributed by atoms with Crippen LogP contribution in [0.25, 0.3) is 33.2 Å². The third kappa shape index (κ3) is 3.13. The quantitative estimate of drug-likeness (QED) is 0.397. The Kier molecular flexibility index (Phi) is 4.08. The third-order valence-corrected chi connectivity index (χ3v) is 4.92. The highest BCUT2D eigenvalue weighted by molar-refractivity contribution is 5.89. The number of hydrogen-bond donors (Lipinski definition) is 2. The lowest BCUT2D eigenvalue weighted by atomic mass is 9.99. The lowest BCUT2D eigenvalue weighted by Gasteiger charge is -2.14. The molecule has 0 aliphatic heterocycles. The second kappa shape index (κ2) is 7.02. The van der Waals surface area contributed by atoms with Crippen molar-refractivity contribution in [1.29, 1.82) is 5.26 Å². The zero-order valence-corrected chi connectivity index (χ0v) is 15.4. The number of aromatic nitrogens is 2. The summed E-state index contributed by atoms with van der Waals surface area (Å²) >= 11 is 0. The predicted octanol–water partition coefficient (Wildman–Crippen LogP) is 6.11. The second-order valence-corrected chi connectivity index (χ2v) is 6.72. The molecule has 2 aromatic carbocycles. The highest BCUT2D eigenvalue weighted by Crippen LogP contribution is 2.35. The van der Waals surface area contributed by atoms with Gasteiger partial charge in [0.1, 0.15) is 6.07 Å². The zero-order valence-electron chi connectivity index (χ0n) is 15.4. The van der Waals surface area contributed by atoms with E-state index in [9.17, 15) is 5.26 Å². The molecule has 3 heterocycles. The minimum atomic E-state index is 0.491. The maximum absolute atomic E-state index is 9.66. The molecule has 5 nitrogen and oxygen atoms in total. The Bertz CT molecular complexity index is 1340. The molecule has 0 spiro atoms. The van der Waals surface area contributed by atoms with Gasteiger partial charge < -0.3 is 14.7 Å². The first-order valence-corrected chi connectivity index (χ1v) is 9.17. The number of H-pyrrole nitrogens is 1. The molecule has 0 aliphatic carbocycles. The Hall–Kier alpha value is -4.30. The Morgan fingerprint density at radius 2 is 1.90 bits per heavy atom. The summed E-state index contributed by atoms with van der Waals surface area (Å²) in [4.78, 5) is 7.47. The molecule has 0 saturated carbocycles. The van der Waals surface area contributed by atoms with Gasteiger partial charge in [-0.05, 0) is 47.5 Å². The SMILES string of the molecule is N#Cc1cncc(-c2cccc(-c3ccoc3)c2)c1Nc1ccc2[nH]ccc2c1. The van der Waals surface area contributed by atoms with E-state index in [4.69, 9.17) is 4.42 Å². The topological polar surface area (TPSA) is 77.6 Å². The number of nitriles is 1. The summed E-state index contributed by atoms with van der Waals surface area (Å²) in [5, 5.41) is 14.2. The van der Waals surface area contributed by atoms with Gasteiger partial charge in [0.05, 0.1) is 23.8 Å². The number of nitrogens with zero attached hydrogens (tertiary/aromatic N) is 2. The average molecular weight is 376 g/mol. The van der Waals surface area contributed by atoms with Crippen molar-refractivity contribution in [1.82, 2.24) is 9.97 Å². The minimum absolute atomic E-state index is 0.491. The van der Waals surface area contributed by atoms with Gasteiger partial charge in [0.15, 0.2) is 0 Å². The Morgan fingerprint density at radius 3 is 2.76 bits per heavy atom. The van der Waals surface area contributed by atoms with Gasteiger partial charge in [0.2, 0.25) is 0 Å².